The molecule has 0 spiro atoms. The third-order valence-corrected chi connectivity index (χ3v) is 4.14. The van der Waals surface area contributed by atoms with Gasteiger partial charge in [0.05, 0.1) is 12.6 Å². The van der Waals surface area contributed by atoms with Crippen LogP contribution < -0.4 is 4.90 Å². The Balaban J connectivity index is 1.81. The van der Waals surface area contributed by atoms with E-state index in [9.17, 15) is 23.5 Å². The molecule has 7 heteroatoms. The maximum atomic E-state index is 13.3. The molecule has 0 aliphatic carbocycles. The van der Waals surface area contributed by atoms with Crippen LogP contribution in [-0.2, 0) is 4.79 Å². The summed E-state index contributed by atoms with van der Waals surface area (Å²) in [6.07, 6.45) is -1.20. The van der Waals surface area contributed by atoms with Gasteiger partial charge < -0.3 is 5.11 Å². The number of imide groups is 1. The van der Waals surface area contributed by atoms with Crippen molar-refractivity contribution in [2.75, 3.05) is 11.4 Å². The van der Waals surface area contributed by atoms with Crippen LogP contribution >= 0.6 is 0 Å². The number of amides is 3. The lowest BCUT2D eigenvalue weighted by molar-refractivity contribution is -0.127. The first-order chi connectivity index (χ1) is 11.9. The van der Waals surface area contributed by atoms with Crippen molar-refractivity contribution >= 4 is 17.6 Å². The molecule has 0 bridgehead atoms. The Morgan fingerprint density at radius 1 is 1.08 bits per heavy atom. The van der Waals surface area contributed by atoms with E-state index in [4.69, 9.17) is 0 Å². The smallest absolute Gasteiger partial charge is 0.332 e. The molecule has 0 saturated carbocycles. The summed E-state index contributed by atoms with van der Waals surface area (Å²) >= 11 is 0. The molecule has 25 heavy (non-hydrogen) atoms. The summed E-state index contributed by atoms with van der Waals surface area (Å²) in [5.41, 5.74) is 0.656. The van der Waals surface area contributed by atoms with Gasteiger partial charge in [-0.3, -0.25) is 14.6 Å². The van der Waals surface area contributed by atoms with Crippen LogP contribution in [0.5, 0.6) is 0 Å². The van der Waals surface area contributed by atoms with E-state index in [-0.39, 0.29) is 12.1 Å². The Labute approximate surface area is 143 Å². The lowest BCUT2D eigenvalue weighted by atomic mass is 10.1. The van der Waals surface area contributed by atoms with Crippen molar-refractivity contribution in [2.45, 2.75) is 19.1 Å². The molecule has 2 aromatic carbocycles. The zero-order chi connectivity index (χ0) is 18.1. The third-order valence-electron chi connectivity index (χ3n) is 4.14. The van der Waals surface area contributed by atoms with Gasteiger partial charge >= 0.3 is 6.03 Å². The zero-order valence-electron chi connectivity index (χ0n) is 13.4. The van der Waals surface area contributed by atoms with E-state index >= 15 is 0 Å². The largest absolute Gasteiger partial charge is 0.387 e. The van der Waals surface area contributed by atoms with E-state index in [1.807, 2.05) is 0 Å². The SMILES string of the molecule is C[C@@H]1C(=O)N(C[C@H](O)c2cccc(F)c2)C(=O)N1c1ccc(F)cc1. The van der Waals surface area contributed by atoms with E-state index in [2.05, 4.69) is 0 Å². The van der Waals surface area contributed by atoms with Crippen molar-refractivity contribution in [3.63, 3.8) is 0 Å². The van der Waals surface area contributed by atoms with Gasteiger partial charge in [-0.2, -0.15) is 0 Å². The van der Waals surface area contributed by atoms with Crippen LogP contribution in [0.25, 0.3) is 0 Å². The topological polar surface area (TPSA) is 60.9 Å². The summed E-state index contributed by atoms with van der Waals surface area (Å²) in [5, 5.41) is 10.2. The van der Waals surface area contributed by atoms with Crippen molar-refractivity contribution in [1.29, 1.82) is 0 Å². The molecular weight excluding hydrogens is 330 g/mol. The van der Waals surface area contributed by atoms with Gasteiger partial charge in [-0.05, 0) is 48.9 Å². The Hall–Kier alpha value is -2.80. The molecule has 3 amide bonds. The quantitative estimate of drug-likeness (QED) is 0.866. The third kappa shape index (κ3) is 3.23. The highest BCUT2D eigenvalue weighted by Gasteiger charge is 2.44. The highest BCUT2D eigenvalue weighted by atomic mass is 19.1. The van der Waals surface area contributed by atoms with Crippen molar-refractivity contribution in [1.82, 2.24) is 4.90 Å². The maximum absolute atomic E-state index is 13.3. The van der Waals surface area contributed by atoms with Crippen LogP contribution in [0.1, 0.15) is 18.6 Å². The molecule has 1 saturated heterocycles. The van der Waals surface area contributed by atoms with Crippen LogP contribution in [0, 0.1) is 11.6 Å². The number of benzene rings is 2. The number of hydrogen-bond acceptors (Lipinski definition) is 3. The molecule has 0 aromatic heterocycles. The average molecular weight is 346 g/mol. The van der Waals surface area contributed by atoms with Gasteiger partial charge in [0.1, 0.15) is 17.7 Å². The van der Waals surface area contributed by atoms with E-state index < -0.39 is 35.7 Å². The van der Waals surface area contributed by atoms with Gasteiger partial charge in [0.15, 0.2) is 0 Å². The average Bonchev–Trinajstić information content (AvgIpc) is 2.79. The molecule has 0 radical (unpaired) electrons. The Bertz CT molecular complexity index is 810. The molecule has 1 aliphatic rings. The van der Waals surface area contributed by atoms with E-state index in [1.54, 1.807) is 6.92 Å². The first-order valence-electron chi connectivity index (χ1n) is 7.72. The van der Waals surface area contributed by atoms with Crippen LogP contribution in [0.2, 0.25) is 0 Å². The zero-order valence-corrected chi connectivity index (χ0v) is 13.4. The number of anilines is 1. The molecule has 2 aromatic rings. The van der Waals surface area contributed by atoms with Gasteiger partial charge in [0.25, 0.3) is 5.91 Å². The lowest BCUT2D eigenvalue weighted by Crippen LogP contribution is -2.36. The predicted octanol–water partition coefficient (Wildman–Crippen LogP) is 2.86. The fourth-order valence-electron chi connectivity index (χ4n) is 2.82. The number of β-amino-alcohol motifs (C(OH)–C–C–N with tert-alkyl or cyclic N) is 1. The molecule has 2 atom stereocenters. The Morgan fingerprint density at radius 3 is 2.40 bits per heavy atom. The fraction of sp³-hybridized carbons (Fsp3) is 0.222. The molecule has 0 unspecified atom stereocenters. The van der Waals surface area contributed by atoms with Gasteiger partial charge in [-0.25, -0.2) is 13.6 Å². The molecule has 3 rings (SSSR count). The van der Waals surface area contributed by atoms with Gasteiger partial charge in [-0.15, -0.1) is 0 Å². The number of carbonyl (C=O) groups excluding carboxylic acids is 2. The van der Waals surface area contributed by atoms with Gasteiger partial charge in [0.2, 0.25) is 0 Å². The number of halogens is 2. The number of hydrogen-bond donors (Lipinski definition) is 1. The second-order valence-corrected chi connectivity index (χ2v) is 5.82. The first kappa shape index (κ1) is 17.0. The maximum Gasteiger partial charge on any atom is 0.332 e. The monoisotopic (exact) mass is 346 g/mol. The van der Waals surface area contributed by atoms with Crippen LogP contribution in [0.15, 0.2) is 48.5 Å². The molecular formula is C18H16F2N2O3. The van der Waals surface area contributed by atoms with E-state index in [0.29, 0.717) is 5.69 Å². The van der Waals surface area contributed by atoms with Gasteiger partial charge in [-0.1, -0.05) is 12.1 Å². The summed E-state index contributed by atoms with van der Waals surface area (Å²) < 4.78 is 26.3. The molecule has 1 fully saturated rings. The molecule has 1 heterocycles. The summed E-state index contributed by atoms with van der Waals surface area (Å²) in [5.74, 6) is -1.45. The highest BCUT2D eigenvalue weighted by Crippen LogP contribution is 2.27. The molecule has 1 N–H and O–H groups in total. The predicted molar refractivity (Wildman–Crippen MR) is 86.8 cm³/mol. The van der Waals surface area contributed by atoms with Crippen molar-refractivity contribution in [3.8, 4) is 0 Å². The summed E-state index contributed by atoms with van der Waals surface area (Å²) in [6.45, 7) is 1.27. The van der Waals surface area contributed by atoms with Crippen molar-refractivity contribution in [2.24, 2.45) is 0 Å². The number of nitrogens with zero attached hydrogens (tertiary/aromatic N) is 2. The van der Waals surface area contributed by atoms with E-state index in [0.717, 1.165) is 11.0 Å². The number of aliphatic hydroxyl groups excluding tert-OH is 1. The minimum absolute atomic E-state index is 0.272. The Kier molecular flexibility index (Phi) is 4.50. The molecule has 1 aliphatic heterocycles. The van der Waals surface area contributed by atoms with Crippen LogP contribution in [0.4, 0.5) is 19.3 Å². The minimum Gasteiger partial charge on any atom is -0.387 e. The fourth-order valence-corrected chi connectivity index (χ4v) is 2.82. The Morgan fingerprint density at radius 2 is 1.76 bits per heavy atom. The van der Waals surface area contributed by atoms with Gasteiger partial charge in [0, 0.05) is 5.69 Å². The molecule has 5 nitrogen and oxygen atoms in total. The second kappa shape index (κ2) is 6.60. The van der Waals surface area contributed by atoms with E-state index in [1.165, 1.54) is 47.4 Å². The van der Waals surface area contributed by atoms with Crippen molar-refractivity contribution in [3.05, 3.63) is 65.7 Å². The summed E-state index contributed by atoms with van der Waals surface area (Å²) in [7, 11) is 0. The number of aliphatic hydroxyl groups is 1. The number of carbonyl (C=O) groups is 2. The summed E-state index contributed by atoms with van der Waals surface area (Å²) in [4.78, 5) is 27.2. The summed E-state index contributed by atoms with van der Waals surface area (Å²) in [6, 6.07) is 9.16. The van der Waals surface area contributed by atoms with Crippen LogP contribution in [0.3, 0.4) is 0 Å². The molecule has 130 valence electrons. The number of rotatable bonds is 4. The number of urea groups is 1. The highest BCUT2D eigenvalue weighted by molar-refractivity contribution is 6.14. The second-order valence-electron chi connectivity index (χ2n) is 5.82. The van der Waals surface area contributed by atoms with Crippen molar-refractivity contribution < 1.29 is 23.5 Å². The normalized spacial score (nSPS) is 18.8. The first-order valence-corrected chi connectivity index (χ1v) is 7.72. The standard InChI is InChI=1S/C18H16F2N2O3/c1-11-17(24)21(10-16(23)12-3-2-4-14(20)9-12)18(25)22(11)15-7-5-13(19)6-8-15/h2-9,11,16,23H,10H2,1H3/t11-,16+/m1/s1. The van der Waals surface area contributed by atoms with Crippen LogP contribution in [-0.4, -0.2) is 34.5 Å². The lowest BCUT2D eigenvalue weighted by Gasteiger charge is -2.20. The minimum atomic E-state index is -1.20.